The lowest BCUT2D eigenvalue weighted by Gasteiger charge is -2.09. The summed E-state index contributed by atoms with van der Waals surface area (Å²) in [6.45, 7) is 1.94. The summed E-state index contributed by atoms with van der Waals surface area (Å²) in [5.74, 6) is -0.574. The van der Waals surface area contributed by atoms with Gasteiger partial charge >= 0.3 is 5.97 Å². The number of carbonyl (C=O) groups is 1. The van der Waals surface area contributed by atoms with Gasteiger partial charge in [0.05, 0.1) is 22.7 Å². The van der Waals surface area contributed by atoms with Crippen molar-refractivity contribution >= 4 is 55.7 Å². The molecule has 0 aliphatic rings. The average molecular weight is 441 g/mol. The van der Waals surface area contributed by atoms with E-state index in [1.807, 2.05) is 12.1 Å². The van der Waals surface area contributed by atoms with Crippen molar-refractivity contribution in [1.82, 2.24) is 9.78 Å². The molecule has 0 bridgehead atoms. The van der Waals surface area contributed by atoms with E-state index in [1.54, 1.807) is 24.4 Å². The number of benzene rings is 1. The summed E-state index contributed by atoms with van der Waals surface area (Å²) in [6.07, 6.45) is 0. The molecular weight excluding hydrogens is 429 g/mol. The zero-order chi connectivity index (χ0) is 16.6. The van der Waals surface area contributed by atoms with Crippen LogP contribution in [0.5, 0.6) is 0 Å². The Morgan fingerprint density at radius 1 is 1.48 bits per heavy atom. The molecule has 0 aliphatic carbocycles. The molecule has 8 heteroatoms. The molecule has 3 rings (SSSR count). The van der Waals surface area contributed by atoms with Crippen molar-refractivity contribution in [3.05, 3.63) is 49.3 Å². The van der Waals surface area contributed by atoms with E-state index in [-0.39, 0.29) is 17.9 Å². The van der Waals surface area contributed by atoms with E-state index in [0.717, 1.165) is 3.57 Å². The molecule has 3 aromatic rings. The van der Waals surface area contributed by atoms with Gasteiger partial charge in [0.2, 0.25) is 0 Å². The number of hydrogen-bond acceptors (Lipinski definition) is 6. The molecule has 2 heterocycles. The molecule has 0 fully saturated rings. The van der Waals surface area contributed by atoms with Crippen LogP contribution in [-0.2, 0) is 4.74 Å². The largest absolute Gasteiger partial charge is 0.461 e. The summed E-state index contributed by atoms with van der Waals surface area (Å²) < 4.78 is 7.19. The summed E-state index contributed by atoms with van der Waals surface area (Å²) in [5, 5.41) is 6.96. The lowest BCUT2D eigenvalue weighted by atomic mass is 10.2. The van der Waals surface area contributed by atoms with Crippen molar-refractivity contribution in [3.8, 4) is 5.69 Å². The third kappa shape index (κ3) is 2.83. The highest BCUT2D eigenvalue weighted by atomic mass is 127. The maximum atomic E-state index is 12.7. The molecule has 1 aromatic carbocycles. The van der Waals surface area contributed by atoms with Gasteiger partial charge in [0.25, 0.3) is 5.56 Å². The molecule has 2 N–H and O–H groups in total. The third-order valence-corrected chi connectivity index (χ3v) is 4.68. The SMILES string of the molecule is CCOC(=O)c1nn(-c2cccc(I)c2)c(=O)c2c(N)scc12. The Morgan fingerprint density at radius 3 is 2.96 bits per heavy atom. The van der Waals surface area contributed by atoms with Gasteiger partial charge in [0, 0.05) is 14.3 Å². The number of nitrogens with zero attached hydrogens (tertiary/aromatic N) is 2. The van der Waals surface area contributed by atoms with Gasteiger partial charge in [-0.05, 0) is 47.7 Å². The number of hydrogen-bond donors (Lipinski definition) is 1. The molecule has 23 heavy (non-hydrogen) atoms. The molecule has 0 saturated carbocycles. The Morgan fingerprint density at radius 2 is 2.26 bits per heavy atom. The number of ether oxygens (including phenoxy) is 1. The molecule has 0 saturated heterocycles. The second kappa shape index (κ2) is 6.28. The zero-order valence-corrected chi connectivity index (χ0v) is 15.1. The van der Waals surface area contributed by atoms with Crippen LogP contribution in [0, 0.1) is 3.57 Å². The molecule has 0 atom stereocenters. The van der Waals surface area contributed by atoms with Gasteiger partial charge in [-0.25, -0.2) is 4.79 Å². The molecule has 0 aliphatic heterocycles. The van der Waals surface area contributed by atoms with Gasteiger partial charge < -0.3 is 10.5 Å². The fourth-order valence-corrected chi connectivity index (χ4v) is 3.52. The highest BCUT2D eigenvalue weighted by molar-refractivity contribution is 14.1. The van der Waals surface area contributed by atoms with Crippen LogP contribution in [0.1, 0.15) is 17.4 Å². The van der Waals surface area contributed by atoms with Gasteiger partial charge in [-0.2, -0.15) is 9.78 Å². The van der Waals surface area contributed by atoms with E-state index in [0.29, 0.717) is 21.5 Å². The number of aromatic nitrogens is 2. The lowest BCUT2D eigenvalue weighted by Crippen LogP contribution is -2.25. The van der Waals surface area contributed by atoms with Crippen LogP contribution in [0.15, 0.2) is 34.4 Å². The van der Waals surface area contributed by atoms with Crippen LogP contribution < -0.4 is 11.3 Å². The van der Waals surface area contributed by atoms with Crippen LogP contribution in [-0.4, -0.2) is 22.4 Å². The van der Waals surface area contributed by atoms with E-state index >= 15 is 0 Å². The third-order valence-electron chi connectivity index (χ3n) is 3.20. The van der Waals surface area contributed by atoms with Gasteiger partial charge in [-0.1, -0.05) is 6.07 Å². The number of carbonyl (C=O) groups excluding carboxylic acids is 1. The highest BCUT2D eigenvalue weighted by Crippen LogP contribution is 2.27. The van der Waals surface area contributed by atoms with E-state index in [9.17, 15) is 9.59 Å². The van der Waals surface area contributed by atoms with Crippen molar-refractivity contribution in [3.63, 3.8) is 0 Å². The number of anilines is 1. The number of esters is 1. The first-order valence-corrected chi connectivity index (χ1v) is 8.71. The minimum absolute atomic E-state index is 0.0910. The Balaban J connectivity index is 2.35. The van der Waals surface area contributed by atoms with Gasteiger partial charge in [0.1, 0.15) is 0 Å². The average Bonchev–Trinajstić information content (AvgIpc) is 2.90. The maximum Gasteiger partial charge on any atom is 0.359 e. The van der Waals surface area contributed by atoms with E-state index < -0.39 is 5.97 Å². The number of rotatable bonds is 3. The normalized spacial score (nSPS) is 10.9. The molecule has 118 valence electrons. The Hall–Kier alpha value is -1.94. The molecular formula is C15H12IN3O3S. The van der Waals surface area contributed by atoms with Crippen molar-refractivity contribution in [2.45, 2.75) is 6.92 Å². The molecule has 2 aromatic heterocycles. The predicted molar refractivity (Wildman–Crippen MR) is 98.3 cm³/mol. The number of thiophene rings is 1. The van der Waals surface area contributed by atoms with Crippen LogP contribution in [0.2, 0.25) is 0 Å². The quantitative estimate of drug-likeness (QED) is 0.499. The summed E-state index contributed by atoms with van der Waals surface area (Å²) in [6, 6.07) is 7.27. The second-order valence-electron chi connectivity index (χ2n) is 4.65. The number of fused-ring (bicyclic) bond motifs is 1. The van der Waals surface area contributed by atoms with Crippen LogP contribution in [0.25, 0.3) is 16.5 Å². The van der Waals surface area contributed by atoms with Gasteiger partial charge in [-0.15, -0.1) is 11.3 Å². The monoisotopic (exact) mass is 441 g/mol. The molecule has 0 radical (unpaired) electrons. The van der Waals surface area contributed by atoms with E-state index in [2.05, 4.69) is 27.7 Å². The van der Waals surface area contributed by atoms with E-state index in [4.69, 9.17) is 10.5 Å². The standard InChI is InChI=1S/C15H12IN3O3S/c1-2-22-15(21)12-10-7-23-13(17)11(10)14(20)19(18-12)9-5-3-4-8(16)6-9/h3-7H,2,17H2,1H3. The van der Waals surface area contributed by atoms with Crippen LogP contribution >= 0.6 is 33.9 Å². The molecule has 0 spiro atoms. The first-order chi connectivity index (χ1) is 11.0. The Labute approximate surface area is 149 Å². The number of halogens is 1. The summed E-state index contributed by atoms with van der Waals surface area (Å²) in [5.41, 5.74) is 6.23. The Bertz CT molecular complexity index is 964. The van der Waals surface area contributed by atoms with Gasteiger partial charge in [0.15, 0.2) is 5.69 Å². The molecule has 6 nitrogen and oxygen atoms in total. The minimum atomic E-state index is -0.574. The number of nitrogens with two attached hydrogens (primary N) is 1. The predicted octanol–water partition coefficient (Wildman–Crippen LogP) is 2.81. The maximum absolute atomic E-state index is 12.7. The fourth-order valence-electron chi connectivity index (χ4n) is 2.21. The van der Waals surface area contributed by atoms with Crippen molar-refractivity contribution < 1.29 is 9.53 Å². The number of nitrogen functional groups attached to an aromatic ring is 1. The second-order valence-corrected chi connectivity index (χ2v) is 6.81. The minimum Gasteiger partial charge on any atom is -0.461 e. The summed E-state index contributed by atoms with van der Waals surface area (Å²) in [4.78, 5) is 24.9. The molecule has 0 unspecified atom stereocenters. The van der Waals surface area contributed by atoms with E-state index in [1.165, 1.54) is 16.0 Å². The van der Waals surface area contributed by atoms with Crippen molar-refractivity contribution in [2.75, 3.05) is 12.3 Å². The first kappa shape index (κ1) is 15.9. The summed E-state index contributed by atoms with van der Waals surface area (Å²) in [7, 11) is 0. The topological polar surface area (TPSA) is 87.2 Å². The van der Waals surface area contributed by atoms with Gasteiger partial charge in [-0.3, -0.25) is 4.79 Å². The molecule has 0 amide bonds. The van der Waals surface area contributed by atoms with Crippen molar-refractivity contribution in [2.24, 2.45) is 0 Å². The first-order valence-electron chi connectivity index (χ1n) is 6.76. The van der Waals surface area contributed by atoms with Crippen LogP contribution in [0.3, 0.4) is 0 Å². The smallest absolute Gasteiger partial charge is 0.359 e. The van der Waals surface area contributed by atoms with Crippen LogP contribution in [0.4, 0.5) is 5.00 Å². The zero-order valence-electron chi connectivity index (χ0n) is 12.1. The fraction of sp³-hybridized carbons (Fsp3) is 0.133. The summed E-state index contributed by atoms with van der Waals surface area (Å²) >= 11 is 3.35. The lowest BCUT2D eigenvalue weighted by molar-refractivity contribution is 0.0520. The van der Waals surface area contributed by atoms with Crippen molar-refractivity contribution in [1.29, 1.82) is 0 Å². The highest BCUT2D eigenvalue weighted by Gasteiger charge is 2.21. The Kier molecular flexibility index (Phi) is 4.35.